The molecule has 0 unspecified atom stereocenters. The summed E-state index contributed by atoms with van der Waals surface area (Å²) in [7, 11) is 0. The number of rotatable bonds is 5. The summed E-state index contributed by atoms with van der Waals surface area (Å²) in [6.07, 6.45) is 0.797. The van der Waals surface area contributed by atoms with Gasteiger partial charge in [0.05, 0.1) is 18.2 Å². The molecule has 0 radical (unpaired) electrons. The van der Waals surface area contributed by atoms with Crippen molar-refractivity contribution in [3.63, 3.8) is 0 Å². The zero-order valence-electron chi connectivity index (χ0n) is 13.9. The predicted molar refractivity (Wildman–Crippen MR) is 93.5 cm³/mol. The van der Waals surface area contributed by atoms with Gasteiger partial charge in [-0.25, -0.2) is 4.79 Å². The predicted octanol–water partition coefficient (Wildman–Crippen LogP) is 3.93. The van der Waals surface area contributed by atoms with Crippen LogP contribution < -0.4 is 14.2 Å². The highest BCUT2D eigenvalue weighted by Gasteiger charge is 2.16. The van der Waals surface area contributed by atoms with Gasteiger partial charge in [-0.3, -0.25) is 0 Å². The zero-order chi connectivity index (χ0) is 17.6. The third kappa shape index (κ3) is 4.57. The van der Waals surface area contributed by atoms with Crippen LogP contribution >= 0.6 is 11.6 Å². The van der Waals surface area contributed by atoms with Gasteiger partial charge in [0, 0.05) is 6.42 Å². The molecule has 0 saturated heterocycles. The van der Waals surface area contributed by atoms with Crippen LogP contribution in [0.2, 0.25) is 5.02 Å². The highest BCUT2D eigenvalue weighted by Crippen LogP contribution is 2.38. The first-order chi connectivity index (χ1) is 12.1. The van der Waals surface area contributed by atoms with Crippen molar-refractivity contribution in [2.24, 2.45) is 0 Å². The quantitative estimate of drug-likeness (QED) is 0.754. The van der Waals surface area contributed by atoms with Crippen molar-refractivity contribution in [2.45, 2.75) is 20.0 Å². The number of ether oxygens (including phenoxy) is 4. The second-order valence-corrected chi connectivity index (χ2v) is 6.08. The lowest BCUT2D eigenvalue weighted by atomic mass is 10.2. The van der Waals surface area contributed by atoms with E-state index in [1.807, 2.05) is 31.2 Å². The van der Waals surface area contributed by atoms with Crippen LogP contribution in [-0.4, -0.2) is 25.8 Å². The number of hydrogen-bond acceptors (Lipinski definition) is 5. The molecule has 5 nitrogen and oxygen atoms in total. The molecule has 2 aromatic carbocycles. The fourth-order valence-corrected chi connectivity index (χ4v) is 2.72. The van der Waals surface area contributed by atoms with Crippen LogP contribution in [0.4, 0.5) is 0 Å². The van der Waals surface area contributed by atoms with Gasteiger partial charge < -0.3 is 18.9 Å². The van der Waals surface area contributed by atoms with Crippen molar-refractivity contribution in [3.05, 3.63) is 52.5 Å². The monoisotopic (exact) mass is 362 g/mol. The van der Waals surface area contributed by atoms with E-state index in [2.05, 4.69) is 0 Å². The summed E-state index contributed by atoms with van der Waals surface area (Å²) < 4.78 is 21.9. The van der Waals surface area contributed by atoms with Crippen molar-refractivity contribution >= 4 is 17.6 Å². The van der Waals surface area contributed by atoms with E-state index in [0.29, 0.717) is 35.5 Å². The molecule has 6 heteroatoms. The molecule has 0 bridgehead atoms. The van der Waals surface area contributed by atoms with Crippen molar-refractivity contribution < 1.29 is 23.7 Å². The zero-order valence-corrected chi connectivity index (χ0v) is 14.7. The maximum Gasteiger partial charge on any atom is 0.344 e. The van der Waals surface area contributed by atoms with Crippen LogP contribution in [0.3, 0.4) is 0 Å². The average molecular weight is 363 g/mol. The smallest absolute Gasteiger partial charge is 0.344 e. The number of fused-ring (bicyclic) bond motifs is 1. The van der Waals surface area contributed by atoms with Crippen molar-refractivity contribution in [2.75, 3.05) is 19.8 Å². The van der Waals surface area contributed by atoms with Gasteiger partial charge in [0.15, 0.2) is 18.1 Å². The number of aryl methyl sites for hydroxylation is 1. The summed E-state index contributed by atoms with van der Waals surface area (Å²) in [5.41, 5.74) is 1.70. The van der Waals surface area contributed by atoms with Crippen LogP contribution in [0.15, 0.2) is 36.4 Å². The molecule has 3 rings (SSSR count). The van der Waals surface area contributed by atoms with Gasteiger partial charge in [-0.15, -0.1) is 0 Å². The van der Waals surface area contributed by atoms with Gasteiger partial charge in [-0.2, -0.15) is 0 Å². The molecular weight excluding hydrogens is 344 g/mol. The van der Waals surface area contributed by atoms with Gasteiger partial charge in [-0.1, -0.05) is 29.8 Å². The molecule has 2 aromatic rings. The van der Waals surface area contributed by atoms with Crippen molar-refractivity contribution in [3.8, 4) is 17.2 Å². The van der Waals surface area contributed by atoms with E-state index in [9.17, 15) is 4.79 Å². The second kappa shape index (κ2) is 8.12. The number of para-hydroxylation sites is 1. The fraction of sp³-hybridized carbons (Fsp3) is 0.316. The van der Waals surface area contributed by atoms with Gasteiger partial charge in [0.25, 0.3) is 0 Å². The lowest BCUT2D eigenvalue weighted by Crippen LogP contribution is -2.15. The lowest BCUT2D eigenvalue weighted by Gasteiger charge is -2.12. The molecule has 25 heavy (non-hydrogen) atoms. The van der Waals surface area contributed by atoms with E-state index < -0.39 is 5.97 Å². The number of carbonyl (C=O) groups excluding carboxylic acids is 1. The number of esters is 1. The third-order valence-electron chi connectivity index (χ3n) is 3.70. The average Bonchev–Trinajstić information content (AvgIpc) is 2.85. The highest BCUT2D eigenvalue weighted by atomic mass is 35.5. The summed E-state index contributed by atoms with van der Waals surface area (Å²) in [4.78, 5) is 11.9. The molecule has 1 heterocycles. The number of hydrogen-bond donors (Lipinski definition) is 0. The van der Waals surface area contributed by atoms with Gasteiger partial charge >= 0.3 is 5.97 Å². The van der Waals surface area contributed by atoms with E-state index in [-0.39, 0.29) is 13.2 Å². The molecule has 0 aliphatic carbocycles. The number of carbonyl (C=O) groups is 1. The van der Waals surface area contributed by atoms with Crippen LogP contribution in [0.5, 0.6) is 17.2 Å². The Balaban J connectivity index is 1.56. The van der Waals surface area contributed by atoms with Crippen LogP contribution in [0, 0.1) is 6.92 Å². The molecule has 132 valence electrons. The summed E-state index contributed by atoms with van der Waals surface area (Å²) in [6.45, 7) is 2.99. The van der Waals surface area contributed by atoms with E-state index in [4.69, 9.17) is 30.5 Å². The van der Waals surface area contributed by atoms with Crippen molar-refractivity contribution in [1.82, 2.24) is 0 Å². The Morgan fingerprint density at radius 1 is 1.20 bits per heavy atom. The number of benzene rings is 2. The number of halogens is 1. The SMILES string of the molecule is Cc1ccccc1OCC(=O)OCc1cc(Cl)c2c(c1)OCCCO2. The Morgan fingerprint density at radius 3 is 2.84 bits per heavy atom. The van der Waals surface area contributed by atoms with E-state index >= 15 is 0 Å². The lowest BCUT2D eigenvalue weighted by molar-refractivity contribution is -0.147. The first-order valence-electron chi connectivity index (χ1n) is 8.05. The molecule has 0 amide bonds. The molecule has 0 aromatic heterocycles. The Labute approximate surface area is 151 Å². The molecule has 0 saturated carbocycles. The summed E-state index contributed by atoms with van der Waals surface area (Å²) in [5, 5.41) is 0.446. The Hall–Kier alpha value is -2.40. The Morgan fingerprint density at radius 2 is 2.00 bits per heavy atom. The third-order valence-corrected chi connectivity index (χ3v) is 3.98. The molecule has 0 spiro atoms. The molecule has 1 aliphatic heterocycles. The highest BCUT2D eigenvalue weighted by molar-refractivity contribution is 6.32. The fourth-order valence-electron chi connectivity index (χ4n) is 2.43. The molecule has 0 atom stereocenters. The summed E-state index contributed by atoms with van der Waals surface area (Å²) in [6, 6.07) is 11.0. The van der Waals surface area contributed by atoms with Crippen molar-refractivity contribution in [1.29, 1.82) is 0 Å². The normalized spacial score (nSPS) is 13.0. The summed E-state index contributed by atoms with van der Waals surface area (Å²) in [5.74, 6) is 1.33. The van der Waals surface area contributed by atoms with Crippen LogP contribution in [-0.2, 0) is 16.1 Å². The summed E-state index contributed by atoms with van der Waals surface area (Å²) >= 11 is 6.22. The maximum absolute atomic E-state index is 11.9. The molecule has 1 aliphatic rings. The minimum Gasteiger partial charge on any atom is -0.489 e. The molecular formula is C19H19ClO5. The molecule has 0 fully saturated rings. The van der Waals surface area contributed by atoms with Crippen LogP contribution in [0.25, 0.3) is 0 Å². The van der Waals surface area contributed by atoms with E-state index in [1.54, 1.807) is 12.1 Å². The largest absolute Gasteiger partial charge is 0.489 e. The Kier molecular flexibility index (Phi) is 5.66. The van der Waals surface area contributed by atoms with Gasteiger partial charge in [0.1, 0.15) is 12.4 Å². The van der Waals surface area contributed by atoms with Gasteiger partial charge in [0.2, 0.25) is 0 Å². The van der Waals surface area contributed by atoms with Gasteiger partial charge in [-0.05, 0) is 36.2 Å². The Bertz CT molecular complexity index is 759. The van der Waals surface area contributed by atoms with E-state index in [0.717, 1.165) is 17.5 Å². The molecule has 0 N–H and O–H groups in total. The minimum atomic E-state index is -0.452. The van der Waals surface area contributed by atoms with E-state index in [1.165, 1.54) is 0 Å². The second-order valence-electron chi connectivity index (χ2n) is 5.67. The first kappa shape index (κ1) is 17.4. The maximum atomic E-state index is 11.9. The standard InChI is InChI=1S/C19H19ClO5/c1-13-5-2-3-6-16(13)24-12-18(21)25-11-14-9-15(20)19-17(10-14)22-7-4-8-23-19/h2-3,5-6,9-10H,4,7-8,11-12H2,1H3. The van der Waals surface area contributed by atoms with Crippen LogP contribution in [0.1, 0.15) is 17.5 Å². The topological polar surface area (TPSA) is 54.0 Å². The minimum absolute atomic E-state index is 0.0896. The first-order valence-corrected chi connectivity index (χ1v) is 8.43.